The van der Waals surface area contributed by atoms with Gasteiger partial charge in [0.15, 0.2) is 27.3 Å². The van der Waals surface area contributed by atoms with Gasteiger partial charge in [0.1, 0.15) is 0 Å². The maximum Gasteiger partial charge on any atom is 0.222 e. The van der Waals surface area contributed by atoms with E-state index in [9.17, 15) is 13.2 Å². The molecule has 1 aliphatic rings. The number of ether oxygens (including phenoxy) is 2. The molecule has 1 aromatic rings. The van der Waals surface area contributed by atoms with Gasteiger partial charge in [-0.2, -0.15) is 0 Å². The predicted molar refractivity (Wildman–Crippen MR) is 124 cm³/mol. The number of hydrogen-bond donors (Lipinski definition) is 3. The Balaban J connectivity index is 0.00000420. The fourth-order valence-corrected chi connectivity index (χ4v) is 4.51. The zero-order valence-electron chi connectivity index (χ0n) is 16.9. The number of amides is 1. The van der Waals surface area contributed by atoms with E-state index in [1.807, 2.05) is 13.0 Å². The zero-order valence-corrected chi connectivity index (χ0v) is 20.0. The lowest BCUT2D eigenvalue weighted by molar-refractivity contribution is -0.121. The third-order valence-electron chi connectivity index (χ3n) is 4.19. The lowest BCUT2D eigenvalue weighted by Gasteiger charge is -2.15. The summed E-state index contributed by atoms with van der Waals surface area (Å²) in [5.74, 6) is 1.74. The number of guanidine groups is 1. The Labute approximate surface area is 189 Å². The van der Waals surface area contributed by atoms with Gasteiger partial charge in [-0.1, -0.05) is 0 Å². The molecular formula is C18H29IN4O5S. The lowest BCUT2D eigenvalue weighted by Crippen LogP contribution is -2.38. The van der Waals surface area contributed by atoms with Crippen molar-refractivity contribution in [2.24, 2.45) is 4.99 Å². The molecule has 1 fully saturated rings. The van der Waals surface area contributed by atoms with Gasteiger partial charge in [-0.3, -0.25) is 9.79 Å². The van der Waals surface area contributed by atoms with Crippen LogP contribution < -0.4 is 25.4 Å². The molecule has 0 bridgehead atoms. The zero-order chi connectivity index (χ0) is 20.6. The van der Waals surface area contributed by atoms with E-state index >= 15 is 0 Å². The number of halogens is 1. The first-order valence-electron chi connectivity index (χ1n) is 9.15. The summed E-state index contributed by atoms with van der Waals surface area (Å²) in [6.45, 7) is 2.81. The average Bonchev–Trinajstić information content (AvgIpc) is 3.00. The summed E-state index contributed by atoms with van der Waals surface area (Å²) in [4.78, 5) is 16.1. The van der Waals surface area contributed by atoms with E-state index < -0.39 is 9.84 Å². The number of rotatable bonds is 8. The average molecular weight is 540 g/mol. The molecule has 11 heteroatoms. The molecule has 164 valence electrons. The molecule has 9 nitrogen and oxygen atoms in total. The van der Waals surface area contributed by atoms with Crippen molar-refractivity contribution >= 4 is 51.4 Å². The summed E-state index contributed by atoms with van der Waals surface area (Å²) < 4.78 is 33.7. The molecule has 0 aliphatic carbocycles. The summed E-state index contributed by atoms with van der Waals surface area (Å²) in [7, 11) is 0.197. The normalized spacial score (nSPS) is 17.8. The fourth-order valence-electron chi connectivity index (χ4n) is 2.84. The second-order valence-electron chi connectivity index (χ2n) is 6.34. The van der Waals surface area contributed by atoms with Gasteiger partial charge in [-0.15, -0.1) is 24.0 Å². The monoisotopic (exact) mass is 540 g/mol. The second-order valence-corrected chi connectivity index (χ2v) is 8.57. The third kappa shape index (κ3) is 8.25. The summed E-state index contributed by atoms with van der Waals surface area (Å²) >= 11 is 0. The molecule has 3 N–H and O–H groups in total. The minimum absolute atomic E-state index is 0. The number of hydrogen-bond acceptors (Lipinski definition) is 6. The van der Waals surface area contributed by atoms with Gasteiger partial charge >= 0.3 is 0 Å². The van der Waals surface area contributed by atoms with Crippen molar-refractivity contribution in [2.75, 3.05) is 44.1 Å². The Morgan fingerprint density at radius 1 is 1.31 bits per heavy atom. The van der Waals surface area contributed by atoms with Crippen LogP contribution in [0.15, 0.2) is 23.2 Å². The fraction of sp³-hybridized carbons (Fsp3) is 0.556. The van der Waals surface area contributed by atoms with Crippen molar-refractivity contribution in [3.8, 4) is 11.5 Å². The van der Waals surface area contributed by atoms with Gasteiger partial charge in [0, 0.05) is 37.8 Å². The number of sulfone groups is 1. The van der Waals surface area contributed by atoms with E-state index in [0.717, 1.165) is 5.69 Å². The third-order valence-corrected chi connectivity index (χ3v) is 5.96. The quantitative estimate of drug-likeness (QED) is 0.259. The topological polar surface area (TPSA) is 118 Å². The highest BCUT2D eigenvalue weighted by atomic mass is 127. The molecule has 0 spiro atoms. The Morgan fingerprint density at radius 3 is 2.66 bits per heavy atom. The van der Waals surface area contributed by atoms with Gasteiger partial charge in [-0.25, -0.2) is 8.42 Å². The molecular weight excluding hydrogens is 511 g/mol. The molecule has 1 heterocycles. The number of anilines is 1. The first kappa shape index (κ1) is 25.3. The molecule has 0 radical (unpaired) electrons. The standard InChI is InChI=1S/C18H28N4O5S.HI/c1-4-27-15-6-5-13(11-16(15)26-3)22-18(19-2)20-9-7-17(23)21-14-8-10-28(24,25)12-14;/h5-6,11,14H,4,7-10,12H2,1-3H3,(H,21,23)(H2,19,20,22);1H. The summed E-state index contributed by atoms with van der Waals surface area (Å²) in [6, 6.07) is 5.16. The van der Waals surface area contributed by atoms with Gasteiger partial charge in [0.25, 0.3) is 0 Å². The number of carbonyl (C=O) groups excluding carboxylic acids is 1. The van der Waals surface area contributed by atoms with E-state index in [4.69, 9.17) is 9.47 Å². The van der Waals surface area contributed by atoms with E-state index in [-0.39, 0.29) is 53.9 Å². The van der Waals surface area contributed by atoms with Crippen LogP contribution in [0.3, 0.4) is 0 Å². The van der Waals surface area contributed by atoms with Gasteiger partial charge in [0.2, 0.25) is 5.91 Å². The maximum atomic E-state index is 12.0. The van der Waals surface area contributed by atoms with Crippen LogP contribution >= 0.6 is 24.0 Å². The number of nitrogens with one attached hydrogen (secondary N) is 3. The van der Waals surface area contributed by atoms with Crippen LogP contribution in [-0.4, -0.2) is 65.1 Å². The molecule has 0 aromatic heterocycles. The highest BCUT2D eigenvalue weighted by molar-refractivity contribution is 14.0. The number of benzene rings is 1. The van der Waals surface area contributed by atoms with Gasteiger partial charge in [-0.05, 0) is 25.5 Å². The molecule has 0 saturated carbocycles. The molecule has 1 aliphatic heterocycles. The van der Waals surface area contributed by atoms with Crippen molar-refractivity contribution < 1.29 is 22.7 Å². The SMILES string of the molecule is CCOc1ccc(NC(=NC)NCCC(=O)NC2CCS(=O)(=O)C2)cc1OC.I. The van der Waals surface area contributed by atoms with E-state index in [1.165, 1.54) is 0 Å². The highest BCUT2D eigenvalue weighted by Crippen LogP contribution is 2.30. The van der Waals surface area contributed by atoms with Crippen molar-refractivity contribution in [3.05, 3.63) is 18.2 Å². The van der Waals surface area contributed by atoms with Crippen LogP contribution in [0, 0.1) is 0 Å². The molecule has 1 aromatic carbocycles. The van der Waals surface area contributed by atoms with Crippen LogP contribution in [-0.2, 0) is 14.6 Å². The van der Waals surface area contributed by atoms with Crippen LogP contribution in [0.2, 0.25) is 0 Å². The van der Waals surface area contributed by atoms with Gasteiger partial charge < -0.3 is 25.4 Å². The van der Waals surface area contributed by atoms with Crippen LogP contribution in [0.1, 0.15) is 19.8 Å². The molecule has 2 rings (SSSR count). The van der Waals surface area contributed by atoms with E-state index in [1.54, 1.807) is 26.3 Å². The van der Waals surface area contributed by atoms with E-state index in [0.29, 0.717) is 37.0 Å². The largest absolute Gasteiger partial charge is 0.493 e. The van der Waals surface area contributed by atoms with Crippen molar-refractivity contribution in [2.45, 2.75) is 25.8 Å². The second kappa shape index (κ2) is 12.1. The Bertz CT molecular complexity index is 816. The van der Waals surface area contributed by atoms with Crippen LogP contribution in [0.5, 0.6) is 11.5 Å². The van der Waals surface area contributed by atoms with Gasteiger partial charge in [0.05, 0.1) is 25.2 Å². The Morgan fingerprint density at radius 2 is 2.07 bits per heavy atom. The van der Waals surface area contributed by atoms with Crippen LogP contribution in [0.4, 0.5) is 5.69 Å². The first-order valence-corrected chi connectivity index (χ1v) is 11.0. The predicted octanol–water partition coefficient (Wildman–Crippen LogP) is 1.39. The smallest absolute Gasteiger partial charge is 0.222 e. The highest BCUT2D eigenvalue weighted by Gasteiger charge is 2.28. The minimum Gasteiger partial charge on any atom is -0.493 e. The van der Waals surface area contributed by atoms with Crippen molar-refractivity contribution in [3.63, 3.8) is 0 Å². The number of nitrogens with zero attached hydrogens (tertiary/aromatic N) is 1. The summed E-state index contributed by atoms with van der Waals surface area (Å²) in [5.41, 5.74) is 0.758. The molecule has 29 heavy (non-hydrogen) atoms. The molecule has 1 unspecified atom stereocenters. The van der Waals surface area contributed by atoms with Crippen molar-refractivity contribution in [1.29, 1.82) is 0 Å². The summed E-state index contributed by atoms with van der Waals surface area (Å²) in [6.07, 6.45) is 0.689. The van der Waals surface area contributed by atoms with E-state index in [2.05, 4.69) is 20.9 Å². The van der Waals surface area contributed by atoms with Crippen LogP contribution in [0.25, 0.3) is 0 Å². The first-order chi connectivity index (χ1) is 13.4. The van der Waals surface area contributed by atoms with Crippen molar-refractivity contribution in [1.82, 2.24) is 10.6 Å². The summed E-state index contributed by atoms with van der Waals surface area (Å²) in [5, 5.41) is 8.94. The minimum atomic E-state index is -3.00. The number of aliphatic imine (C=N–C) groups is 1. The number of methoxy groups -OCH3 is 1. The Hall–Kier alpha value is -1.76. The maximum absolute atomic E-state index is 12.0. The molecule has 1 saturated heterocycles. The lowest BCUT2D eigenvalue weighted by atomic mass is 10.2. The number of carbonyl (C=O) groups is 1. The Kier molecular flexibility index (Phi) is 10.5. The molecule has 1 atom stereocenters. The molecule has 1 amide bonds.